The maximum atomic E-state index is 9.42. The number of hydrogen-bond acceptors (Lipinski definition) is 5. The summed E-state index contributed by atoms with van der Waals surface area (Å²) in [6.45, 7) is 2.46. The summed E-state index contributed by atoms with van der Waals surface area (Å²) >= 11 is 0. The fourth-order valence-corrected chi connectivity index (χ4v) is 2.07. The number of aromatic nitrogens is 4. The third kappa shape index (κ3) is 1.87. The maximum Gasteiger partial charge on any atom is 0.165 e. The molecule has 1 N–H and O–H groups in total. The molecule has 0 amide bonds. The van der Waals surface area contributed by atoms with E-state index in [-0.39, 0.29) is 6.10 Å². The molecule has 1 aliphatic carbocycles. The SMILES string of the molecule is O[C@@H]1CCN(Cc2nnnn2C2CC2)C1. The lowest BCUT2D eigenvalue weighted by Gasteiger charge is -2.13. The van der Waals surface area contributed by atoms with Gasteiger partial charge >= 0.3 is 0 Å². The summed E-state index contributed by atoms with van der Waals surface area (Å²) in [4.78, 5) is 2.20. The van der Waals surface area contributed by atoms with E-state index in [1.165, 1.54) is 12.8 Å². The second kappa shape index (κ2) is 3.53. The van der Waals surface area contributed by atoms with Crippen LogP contribution >= 0.6 is 0 Å². The Morgan fingerprint density at radius 1 is 1.33 bits per heavy atom. The number of rotatable bonds is 3. The predicted molar refractivity (Wildman–Crippen MR) is 52.0 cm³/mol. The summed E-state index contributed by atoms with van der Waals surface area (Å²) in [6.07, 6.45) is 3.09. The minimum Gasteiger partial charge on any atom is -0.392 e. The molecule has 1 aromatic rings. The van der Waals surface area contributed by atoms with Crippen molar-refractivity contribution in [1.29, 1.82) is 0 Å². The van der Waals surface area contributed by atoms with Gasteiger partial charge in [0.05, 0.1) is 18.7 Å². The first-order valence-corrected chi connectivity index (χ1v) is 5.50. The average molecular weight is 209 g/mol. The van der Waals surface area contributed by atoms with Gasteiger partial charge in [0.15, 0.2) is 5.82 Å². The number of likely N-dealkylation sites (tertiary alicyclic amines) is 1. The van der Waals surface area contributed by atoms with E-state index in [1.54, 1.807) is 0 Å². The van der Waals surface area contributed by atoms with Crippen molar-refractivity contribution in [3.05, 3.63) is 5.82 Å². The highest BCUT2D eigenvalue weighted by Crippen LogP contribution is 2.34. The highest BCUT2D eigenvalue weighted by molar-refractivity contribution is 4.91. The number of tetrazole rings is 1. The molecule has 2 aliphatic rings. The highest BCUT2D eigenvalue weighted by Gasteiger charge is 2.29. The molecule has 2 heterocycles. The molecule has 82 valence electrons. The number of aliphatic hydroxyl groups excluding tert-OH is 1. The van der Waals surface area contributed by atoms with Gasteiger partial charge in [-0.3, -0.25) is 4.90 Å². The van der Waals surface area contributed by atoms with Crippen molar-refractivity contribution in [2.24, 2.45) is 0 Å². The Labute approximate surface area is 87.9 Å². The molecule has 3 rings (SSSR count). The van der Waals surface area contributed by atoms with Crippen molar-refractivity contribution in [2.45, 2.75) is 38.0 Å². The van der Waals surface area contributed by atoms with Gasteiger partial charge in [-0.15, -0.1) is 5.10 Å². The van der Waals surface area contributed by atoms with Gasteiger partial charge in [0.1, 0.15) is 0 Å². The second-order valence-electron chi connectivity index (χ2n) is 4.45. The van der Waals surface area contributed by atoms with Crippen molar-refractivity contribution in [3.8, 4) is 0 Å². The molecule has 15 heavy (non-hydrogen) atoms. The van der Waals surface area contributed by atoms with Crippen LogP contribution < -0.4 is 0 Å². The molecule has 0 aromatic carbocycles. The first-order valence-electron chi connectivity index (χ1n) is 5.50. The zero-order valence-corrected chi connectivity index (χ0v) is 8.58. The third-order valence-electron chi connectivity index (χ3n) is 3.07. The largest absolute Gasteiger partial charge is 0.392 e. The third-order valence-corrected chi connectivity index (χ3v) is 3.07. The zero-order valence-electron chi connectivity index (χ0n) is 8.58. The lowest BCUT2D eigenvalue weighted by Crippen LogP contribution is -2.23. The molecule has 1 aliphatic heterocycles. The van der Waals surface area contributed by atoms with E-state index in [0.29, 0.717) is 6.04 Å². The molecule has 1 saturated heterocycles. The molecule has 2 fully saturated rings. The molecular formula is C9H15N5O. The quantitative estimate of drug-likeness (QED) is 0.732. The summed E-state index contributed by atoms with van der Waals surface area (Å²) in [7, 11) is 0. The van der Waals surface area contributed by atoms with Crippen LogP contribution in [-0.2, 0) is 6.54 Å². The molecule has 1 aromatic heterocycles. The molecule has 1 atom stereocenters. The molecule has 0 unspecified atom stereocenters. The maximum absolute atomic E-state index is 9.42. The van der Waals surface area contributed by atoms with Gasteiger partial charge in [-0.1, -0.05) is 0 Å². The van der Waals surface area contributed by atoms with Crippen LogP contribution in [0.15, 0.2) is 0 Å². The average Bonchev–Trinajstić information content (AvgIpc) is 2.83. The monoisotopic (exact) mass is 209 g/mol. The summed E-state index contributed by atoms with van der Waals surface area (Å²) < 4.78 is 1.94. The number of β-amino-alcohol motifs (C(OH)–C–C–N with tert-alkyl or cyclic N) is 1. The highest BCUT2D eigenvalue weighted by atomic mass is 16.3. The van der Waals surface area contributed by atoms with Crippen LogP contribution in [0.1, 0.15) is 31.1 Å². The van der Waals surface area contributed by atoms with Crippen molar-refractivity contribution >= 4 is 0 Å². The minimum atomic E-state index is -0.171. The Morgan fingerprint density at radius 2 is 2.20 bits per heavy atom. The zero-order chi connectivity index (χ0) is 10.3. The van der Waals surface area contributed by atoms with E-state index < -0.39 is 0 Å². The fraction of sp³-hybridized carbons (Fsp3) is 0.889. The molecule has 0 bridgehead atoms. The second-order valence-corrected chi connectivity index (χ2v) is 4.45. The lowest BCUT2D eigenvalue weighted by atomic mass is 10.3. The first kappa shape index (κ1) is 9.23. The van der Waals surface area contributed by atoms with Crippen LogP contribution in [-0.4, -0.2) is 49.4 Å². The summed E-state index contributed by atoms with van der Waals surface area (Å²) in [6, 6.07) is 0.530. The molecule has 1 saturated carbocycles. The molecular weight excluding hydrogens is 194 g/mol. The standard InChI is InChI=1S/C9H15N5O/c15-8-3-4-13(5-8)6-9-10-11-12-14(9)7-1-2-7/h7-8,15H,1-6H2/t8-/m1/s1. The van der Waals surface area contributed by atoms with Gasteiger partial charge < -0.3 is 5.11 Å². The van der Waals surface area contributed by atoms with Crippen molar-refractivity contribution in [2.75, 3.05) is 13.1 Å². The van der Waals surface area contributed by atoms with Gasteiger partial charge in [0.2, 0.25) is 0 Å². The van der Waals surface area contributed by atoms with E-state index in [4.69, 9.17) is 0 Å². The van der Waals surface area contributed by atoms with Gasteiger partial charge in [0.25, 0.3) is 0 Å². The summed E-state index contributed by atoms with van der Waals surface area (Å²) in [5.41, 5.74) is 0. The van der Waals surface area contributed by atoms with E-state index in [2.05, 4.69) is 20.4 Å². The van der Waals surface area contributed by atoms with E-state index in [1.807, 2.05) is 4.68 Å². The van der Waals surface area contributed by atoms with Crippen LogP contribution in [0.25, 0.3) is 0 Å². The van der Waals surface area contributed by atoms with Gasteiger partial charge in [-0.25, -0.2) is 4.68 Å². The Morgan fingerprint density at radius 3 is 2.87 bits per heavy atom. The molecule has 0 spiro atoms. The van der Waals surface area contributed by atoms with Crippen LogP contribution in [0.4, 0.5) is 0 Å². The number of nitrogens with zero attached hydrogens (tertiary/aromatic N) is 5. The molecule has 0 radical (unpaired) electrons. The number of hydrogen-bond donors (Lipinski definition) is 1. The van der Waals surface area contributed by atoms with E-state index >= 15 is 0 Å². The first-order chi connectivity index (χ1) is 7.33. The molecule has 6 heteroatoms. The normalized spacial score (nSPS) is 27.4. The Balaban J connectivity index is 1.68. The predicted octanol–water partition coefficient (Wildman–Crippen LogP) is -0.425. The molecule has 6 nitrogen and oxygen atoms in total. The van der Waals surface area contributed by atoms with Gasteiger partial charge in [-0.2, -0.15) is 0 Å². The van der Waals surface area contributed by atoms with Gasteiger partial charge in [0, 0.05) is 13.1 Å². The minimum absolute atomic E-state index is 0.171. The summed E-state index contributed by atoms with van der Waals surface area (Å²) in [5.74, 6) is 0.937. The Hall–Kier alpha value is -1.01. The lowest BCUT2D eigenvalue weighted by molar-refractivity contribution is 0.173. The van der Waals surface area contributed by atoms with Crippen LogP contribution in [0.2, 0.25) is 0 Å². The van der Waals surface area contributed by atoms with E-state index in [0.717, 1.165) is 31.9 Å². The summed E-state index contributed by atoms with van der Waals surface area (Å²) in [5, 5.41) is 21.2. The Bertz CT molecular complexity index is 348. The van der Waals surface area contributed by atoms with Crippen molar-refractivity contribution < 1.29 is 5.11 Å². The van der Waals surface area contributed by atoms with Crippen LogP contribution in [0.3, 0.4) is 0 Å². The van der Waals surface area contributed by atoms with E-state index in [9.17, 15) is 5.11 Å². The smallest absolute Gasteiger partial charge is 0.165 e. The Kier molecular flexibility index (Phi) is 2.17. The van der Waals surface area contributed by atoms with Crippen molar-refractivity contribution in [1.82, 2.24) is 25.1 Å². The van der Waals surface area contributed by atoms with Crippen molar-refractivity contribution in [3.63, 3.8) is 0 Å². The van der Waals surface area contributed by atoms with Gasteiger partial charge in [-0.05, 0) is 29.7 Å². The number of aliphatic hydroxyl groups is 1. The van der Waals surface area contributed by atoms with Crippen LogP contribution in [0, 0.1) is 0 Å². The topological polar surface area (TPSA) is 67.1 Å². The fourth-order valence-electron chi connectivity index (χ4n) is 2.07. The van der Waals surface area contributed by atoms with Crippen LogP contribution in [0.5, 0.6) is 0 Å².